The standard InChI is InChI=1S/C16H21BrN4/c1-4-5-10-21(3)15-8-9-18-16(20-15)19-14-7-6-13(17)11-12(14)2/h6-9,11H,4-5,10H2,1-3H3,(H,18,19,20). The number of benzene rings is 1. The van der Waals surface area contributed by atoms with Crippen LogP contribution in [-0.2, 0) is 0 Å². The van der Waals surface area contributed by atoms with Crippen LogP contribution in [0.5, 0.6) is 0 Å². The van der Waals surface area contributed by atoms with E-state index in [-0.39, 0.29) is 0 Å². The molecule has 4 nitrogen and oxygen atoms in total. The molecule has 0 fully saturated rings. The van der Waals surface area contributed by atoms with Gasteiger partial charge in [0.05, 0.1) is 0 Å². The van der Waals surface area contributed by atoms with E-state index in [1.165, 1.54) is 6.42 Å². The fourth-order valence-electron chi connectivity index (χ4n) is 2.02. The van der Waals surface area contributed by atoms with Crippen molar-refractivity contribution in [3.05, 3.63) is 40.5 Å². The normalized spacial score (nSPS) is 10.5. The fraction of sp³-hybridized carbons (Fsp3) is 0.375. The van der Waals surface area contributed by atoms with E-state index in [0.29, 0.717) is 5.95 Å². The summed E-state index contributed by atoms with van der Waals surface area (Å²) in [5, 5.41) is 3.28. The van der Waals surface area contributed by atoms with E-state index in [4.69, 9.17) is 0 Å². The summed E-state index contributed by atoms with van der Waals surface area (Å²) in [7, 11) is 2.06. The Bertz CT molecular complexity index is 601. The lowest BCUT2D eigenvalue weighted by molar-refractivity contribution is 0.759. The van der Waals surface area contributed by atoms with Crippen molar-refractivity contribution in [3.8, 4) is 0 Å². The summed E-state index contributed by atoms with van der Waals surface area (Å²) in [6, 6.07) is 8.04. The fourth-order valence-corrected chi connectivity index (χ4v) is 2.50. The number of rotatable bonds is 6. The molecule has 1 aromatic heterocycles. The van der Waals surface area contributed by atoms with Gasteiger partial charge in [0.15, 0.2) is 0 Å². The van der Waals surface area contributed by atoms with Gasteiger partial charge in [0, 0.05) is 29.9 Å². The Morgan fingerprint density at radius 3 is 2.81 bits per heavy atom. The lowest BCUT2D eigenvalue weighted by atomic mass is 10.2. The van der Waals surface area contributed by atoms with Crippen molar-refractivity contribution in [1.29, 1.82) is 0 Å². The summed E-state index contributed by atoms with van der Waals surface area (Å²) in [5.41, 5.74) is 2.17. The van der Waals surface area contributed by atoms with Gasteiger partial charge in [-0.2, -0.15) is 4.98 Å². The molecule has 0 amide bonds. The molecule has 1 aromatic carbocycles. The highest BCUT2D eigenvalue weighted by Crippen LogP contribution is 2.23. The molecule has 0 unspecified atom stereocenters. The van der Waals surface area contributed by atoms with Crippen LogP contribution in [0.15, 0.2) is 34.9 Å². The molecule has 112 valence electrons. The molecular formula is C16H21BrN4. The van der Waals surface area contributed by atoms with Gasteiger partial charge in [-0.15, -0.1) is 0 Å². The Labute approximate surface area is 134 Å². The number of aromatic nitrogens is 2. The first-order valence-corrected chi connectivity index (χ1v) is 7.97. The molecule has 0 saturated carbocycles. The van der Waals surface area contributed by atoms with Crippen molar-refractivity contribution in [2.45, 2.75) is 26.7 Å². The maximum absolute atomic E-state index is 4.58. The molecule has 0 aliphatic rings. The average molecular weight is 349 g/mol. The molecule has 0 aliphatic heterocycles. The zero-order valence-corrected chi connectivity index (χ0v) is 14.3. The Morgan fingerprint density at radius 2 is 2.10 bits per heavy atom. The van der Waals surface area contributed by atoms with Crippen molar-refractivity contribution in [3.63, 3.8) is 0 Å². The highest BCUT2D eigenvalue weighted by molar-refractivity contribution is 9.10. The molecule has 0 aliphatic carbocycles. The minimum Gasteiger partial charge on any atom is -0.360 e. The van der Waals surface area contributed by atoms with Gasteiger partial charge < -0.3 is 10.2 Å². The summed E-state index contributed by atoms with van der Waals surface area (Å²) in [6.07, 6.45) is 4.13. The van der Waals surface area contributed by atoms with Gasteiger partial charge in [-0.05, 0) is 43.2 Å². The van der Waals surface area contributed by atoms with Crippen LogP contribution in [-0.4, -0.2) is 23.6 Å². The minimum absolute atomic E-state index is 0.626. The maximum atomic E-state index is 4.58. The second-order valence-electron chi connectivity index (χ2n) is 5.10. The quantitative estimate of drug-likeness (QED) is 0.832. The molecule has 0 radical (unpaired) electrons. The monoisotopic (exact) mass is 348 g/mol. The number of hydrogen-bond donors (Lipinski definition) is 1. The van der Waals surface area contributed by atoms with Crippen molar-refractivity contribution in [2.75, 3.05) is 23.8 Å². The summed E-state index contributed by atoms with van der Waals surface area (Å²) >= 11 is 3.47. The van der Waals surface area contributed by atoms with Gasteiger partial charge in [-0.3, -0.25) is 0 Å². The Morgan fingerprint density at radius 1 is 1.29 bits per heavy atom. The third kappa shape index (κ3) is 4.43. The summed E-state index contributed by atoms with van der Waals surface area (Å²) in [5.74, 6) is 1.57. The van der Waals surface area contributed by atoms with Crippen molar-refractivity contribution in [2.24, 2.45) is 0 Å². The first kappa shape index (κ1) is 15.8. The van der Waals surface area contributed by atoms with E-state index in [1.807, 2.05) is 18.2 Å². The van der Waals surface area contributed by atoms with Crippen LogP contribution in [0, 0.1) is 6.92 Å². The van der Waals surface area contributed by atoms with Crippen LogP contribution in [0.2, 0.25) is 0 Å². The van der Waals surface area contributed by atoms with Crippen molar-refractivity contribution >= 4 is 33.4 Å². The minimum atomic E-state index is 0.626. The van der Waals surface area contributed by atoms with Gasteiger partial charge in [-0.25, -0.2) is 4.98 Å². The molecule has 1 N–H and O–H groups in total. The molecule has 0 saturated heterocycles. The lowest BCUT2D eigenvalue weighted by Gasteiger charge is -2.18. The molecule has 0 bridgehead atoms. The number of aryl methyl sites for hydroxylation is 1. The largest absolute Gasteiger partial charge is 0.360 e. The molecule has 1 heterocycles. The van der Waals surface area contributed by atoms with Crippen LogP contribution in [0.1, 0.15) is 25.3 Å². The number of hydrogen-bond acceptors (Lipinski definition) is 4. The maximum Gasteiger partial charge on any atom is 0.229 e. The second-order valence-corrected chi connectivity index (χ2v) is 6.01. The molecule has 0 spiro atoms. The zero-order valence-electron chi connectivity index (χ0n) is 12.7. The highest BCUT2D eigenvalue weighted by atomic mass is 79.9. The SMILES string of the molecule is CCCCN(C)c1ccnc(Nc2ccc(Br)cc2C)n1. The Kier molecular flexibility index (Phi) is 5.56. The van der Waals surface area contributed by atoms with Crippen LogP contribution in [0.3, 0.4) is 0 Å². The van der Waals surface area contributed by atoms with Crippen LogP contribution >= 0.6 is 15.9 Å². The Hall–Kier alpha value is -1.62. The number of halogens is 1. The van der Waals surface area contributed by atoms with E-state index in [0.717, 1.165) is 34.5 Å². The van der Waals surface area contributed by atoms with E-state index in [2.05, 4.69) is 63.1 Å². The number of anilines is 3. The predicted molar refractivity (Wildman–Crippen MR) is 92.4 cm³/mol. The third-order valence-electron chi connectivity index (χ3n) is 3.31. The van der Waals surface area contributed by atoms with Crippen molar-refractivity contribution < 1.29 is 0 Å². The highest BCUT2D eigenvalue weighted by Gasteiger charge is 2.06. The van der Waals surface area contributed by atoms with Gasteiger partial charge in [-0.1, -0.05) is 29.3 Å². The van der Waals surface area contributed by atoms with Gasteiger partial charge in [0.25, 0.3) is 0 Å². The molecular weight excluding hydrogens is 328 g/mol. The Balaban J connectivity index is 2.13. The first-order chi connectivity index (χ1) is 10.1. The molecule has 21 heavy (non-hydrogen) atoms. The molecule has 0 atom stereocenters. The van der Waals surface area contributed by atoms with Gasteiger partial charge >= 0.3 is 0 Å². The smallest absolute Gasteiger partial charge is 0.229 e. The van der Waals surface area contributed by atoms with Crippen molar-refractivity contribution in [1.82, 2.24) is 9.97 Å². The average Bonchev–Trinajstić information content (AvgIpc) is 2.48. The van der Waals surface area contributed by atoms with Crippen LogP contribution in [0.25, 0.3) is 0 Å². The number of nitrogens with zero attached hydrogens (tertiary/aromatic N) is 3. The van der Waals surface area contributed by atoms with E-state index in [1.54, 1.807) is 6.20 Å². The van der Waals surface area contributed by atoms with Gasteiger partial charge in [0.1, 0.15) is 5.82 Å². The van der Waals surface area contributed by atoms with Crippen LogP contribution < -0.4 is 10.2 Å². The summed E-state index contributed by atoms with van der Waals surface area (Å²) < 4.78 is 1.07. The molecule has 2 rings (SSSR count). The predicted octanol–water partition coefficient (Wildman–Crippen LogP) is 4.53. The van der Waals surface area contributed by atoms with Gasteiger partial charge in [0.2, 0.25) is 5.95 Å². The number of nitrogens with one attached hydrogen (secondary N) is 1. The van der Waals surface area contributed by atoms with E-state index < -0.39 is 0 Å². The lowest BCUT2D eigenvalue weighted by Crippen LogP contribution is -2.20. The molecule has 5 heteroatoms. The molecule has 2 aromatic rings. The first-order valence-electron chi connectivity index (χ1n) is 7.17. The third-order valence-corrected chi connectivity index (χ3v) is 3.81. The van der Waals surface area contributed by atoms with E-state index >= 15 is 0 Å². The topological polar surface area (TPSA) is 41.1 Å². The van der Waals surface area contributed by atoms with Crippen LogP contribution in [0.4, 0.5) is 17.5 Å². The zero-order chi connectivity index (χ0) is 15.2. The second kappa shape index (κ2) is 7.41. The summed E-state index contributed by atoms with van der Waals surface area (Å²) in [4.78, 5) is 11.0. The number of unbranched alkanes of at least 4 members (excludes halogenated alkanes) is 1. The van der Waals surface area contributed by atoms with E-state index in [9.17, 15) is 0 Å². The summed E-state index contributed by atoms with van der Waals surface area (Å²) in [6.45, 7) is 5.26.